The van der Waals surface area contributed by atoms with Gasteiger partial charge in [-0.3, -0.25) is 4.68 Å². The second-order valence-corrected chi connectivity index (χ2v) is 4.79. The second-order valence-electron chi connectivity index (χ2n) is 4.79. The van der Waals surface area contributed by atoms with Gasteiger partial charge in [-0.15, -0.1) is 0 Å². The summed E-state index contributed by atoms with van der Waals surface area (Å²) in [6.07, 6.45) is 9.70. The number of aryl methyl sites for hydroxylation is 1. The van der Waals surface area contributed by atoms with Crippen LogP contribution in [0.25, 0.3) is 5.82 Å². The predicted molar refractivity (Wildman–Crippen MR) is 77.0 cm³/mol. The Labute approximate surface area is 119 Å². The molecule has 0 aliphatic carbocycles. The van der Waals surface area contributed by atoms with Gasteiger partial charge in [0.15, 0.2) is 0 Å². The molecule has 0 unspecified atom stereocenters. The number of aromatic nitrogens is 3. The summed E-state index contributed by atoms with van der Waals surface area (Å²) in [7, 11) is 1.81. The summed E-state index contributed by atoms with van der Waals surface area (Å²) in [5, 5.41) is 4.15. The Morgan fingerprint density at radius 3 is 2.70 bits per heavy atom. The van der Waals surface area contributed by atoms with Gasteiger partial charge in [0.05, 0.1) is 12.8 Å². The zero-order valence-corrected chi connectivity index (χ0v) is 12.1. The maximum atomic E-state index is 12.1. The van der Waals surface area contributed by atoms with Crippen molar-refractivity contribution in [2.24, 2.45) is 7.05 Å². The third-order valence-electron chi connectivity index (χ3n) is 3.21. The van der Waals surface area contributed by atoms with E-state index in [0.717, 1.165) is 18.7 Å². The van der Waals surface area contributed by atoms with Gasteiger partial charge in [-0.05, 0) is 18.6 Å². The van der Waals surface area contributed by atoms with E-state index in [2.05, 4.69) is 12.0 Å². The van der Waals surface area contributed by atoms with Crippen LogP contribution in [0.4, 0.5) is 0 Å². The highest BCUT2D eigenvalue weighted by atomic mass is 16.5. The number of esters is 1. The van der Waals surface area contributed by atoms with Crippen LogP contribution in [0.5, 0.6) is 0 Å². The third kappa shape index (κ3) is 3.29. The molecule has 0 aliphatic rings. The van der Waals surface area contributed by atoms with Crippen molar-refractivity contribution in [3.8, 4) is 5.82 Å². The van der Waals surface area contributed by atoms with E-state index >= 15 is 0 Å². The van der Waals surface area contributed by atoms with Crippen molar-refractivity contribution in [2.45, 2.75) is 32.6 Å². The molecule has 0 fully saturated rings. The number of carbonyl (C=O) groups excluding carboxylic acids is 1. The van der Waals surface area contributed by atoms with Gasteiger partial charge in [-0.2, -0.15) is 5.10 Å². The first kappa shape index (κ1) is 14.4. The number of carbonyl (C=O) groups is 1. The number of nitrogens with zero attached hydrogens (tertiary/aromatic N) is 3. The van der Waals surface area contributed by atoms with E-state index in [1.54, 1.807) is 10.9 Å². The number of rotatable bonds is 7. The normalized spacial score (nSPS) is 10.7. The third-order valence-corrected chi connectivity index (χ3v) is 3.21. The van der Waals surface area contributed by atoms with Gasteiger partial charge in [-0.1, -0.05) is 26.2 Å². The molecule has 20 heavy (non-hydrogen) atoms. The van der Waals surface area contributed by atoms with Crippen LogP contribution in [-0.4, -0.2) is 26.9 Å². The molecule has 0 saturated heterocycles. The minimum Gasteiger partial charge on any atom is -0.462 e. The lowest BCUT2D eigenvalue weighted by molar-refractivity contribution is 0.0498. The van der Waals surface area contributed by atoms with Gasteiger partial charge in [-0.25, -0.2) is 4.79 Å². The quantitative estimate of drug-likeness (QED) is 0.576. The molecule has 0 bridgehead atoms. The van der Waals surface area contributed by atoms with Gasteiger partial charge in [0.25, 0.3) is 0 Å². The number of hydrogen-bond donors (Lipinski definition) is 0. The molecule has 0 amide bonds. The topological polar surface area (TPSA) is 49.0 Å². The van der Waals surface area contributed by atoms with E-state index in [9.17, 15) is 4.79 Å². The first-order chi connectivity index (χ1) is 9.74. The fraction of sp³-hybridized carbons (Fsp3) is 0.467. The van der Waals surface area contributed by atoms with E-state index in [4.69, 9.17) is 4.74 Å². The first-order valence-corrected chi connectivity index (χ1v) is 7.06. The molecule has 2 aromatic heterocycles. The van der Waals surface area contributed by atoms with Crippen molar-refractivity contribution in [2.75, 3.05) is 6.61 Å². The van der Waals surface area contributed by atoms with E-state index in [1.807, 2.05) is 36.1 Å². The fourth-order valence-corrected chi connectivity index (χ4v) is 2.13. The molecule has 0 saturated carbocycles. The molecule has 2 rings (SSSR count). The summed E-state index contributed by atoms with van der Waals surface area (Å²) in [5.41, 5.74) is 0.499. The Kier molecular flexibility index (Phi) is 4.98. The van der Waals surface area contributed by atoms with Crippen molar-refractivity contribution in [3.63, 3.8) is 0 Å². The van der Waals surface area contributed by atoms with E-state index in [-0.39, 0.29) is 5.97 Å². The molecule has 0 aromatic carbocycles. The lowest BCUT2D eigenvalue weighted by Gasteiger charge is -2.07. The summed E-state index contributed by atoms with van der Waals surface area (Å²) in [6.45, 7) is 2.63. The molecule has 2 heterocycles. The largest absolute Gasteiger partial charge is 0.462 e. The summed E-state index contributed by atoms with van der Waals surface area (Å²) in [4.78, 5) is 12.1. The Bertz CT molecular complexity index is 543. The molecule has 0 N–H and O–H groups in total. The monoisotopic (exact) mass is 275 g/mol. The van der Waals surface area contributed by atoms with Crippen LogP contribution >= 0.6 is 0 Å². The first-order valence-electron chi connectivity index (χ1n) is 7.06. The highest BCUT2D eigenvalue weighted by Gasteiger charge is 2.18. The zero-order chi connectivity index (χ0) is 14.4. The number of unbranched alkanes of at least 4 members (excludes halogenated alkanes) is 3. The van der Waals surface area contributed by atoms with Crippen LogP contribution in [-0.2, 0) is 11.8 Å². The van der Waals surface area contributed by atoms with Crippen LogP contribution in [0.15, 0.2) is 30.7 Å². The van der Waals surface area contributed by atoms with Crippen molar-refractivity contribution in [1.29, 1.82) is 0 Å². The van der Waals surface area contributed by atoms with Gasteiger partial charge in [0.2, 0.25) is 0 Å². The summed E-state index contributed by atoms with van der Waals surface area (Å²) in [5.74, 6) is 0.423. The maximum Gasteiger partial charge on any atom is 0.343 e. The Balaban J connectivity index is 2.00. The highest BCUT2D eigenvalue weighted by Crippen LogP contribution is 2.15. The standard InChI is InChI=1S/C15H21N3O2/c1-3-4-5-8-11-20-15(19)13-12-16-17(2)14(13)18-9-6-7-10-18/h6-7,9-10,12H,3-5,8,11H2,1-2H3. The van der Waals surface area contributed by atoms with Crippen molar-refractivity contribution >= 4 is 5.97 Å². The lowest BCUT2D eigenvalue weighted by atomic mass is 10.2. The van der Waals surface area contributed by atoms with E-state index in [1.165, 1.54) is 12.8 Å². The molecular weight excluding hydrogens is 254 g/mol. The van der Waals surface area contributed by atoms with Crippen LogP contribution in [0, 0.1) is 0 Å². The minimum absolute atomic E-state index is 0.307. The van der Waals surface area contributed by atoms with Gasteiger partial charge in [0.1, 0.15) is 11.4 Å². The number of hydrogen-bond acceptors (Lipinski definition) is 3. The average molecular weight is 275 g/mol. The molecular formula is C15H21N3O2. The smallest absolute Gasteiger partial charge is 0.343 e. The average Bonchev–Trinajstić information content (AvgIpc) is 3.07. The van der Waals surface area contributed by atoms with Gasteiger partial charge in [0, 0.05) is 19.4 Å². The zero-order valence-electron chi connectivity index (χ0n) is 12.1. The maximum absolute atomic E-state index is 12.1. The Hall–Kier alpha value is -2.04. The van der Waals surface area contributed by atoms with Gasteiger partial charge >= 0.3 is 5.97 Å². The minimum atomic E-state index is -0.307. The Morgan fingerprint density at radius 2 is 2.00 bits per heavy atom. The van der Waals surface area contributed by atoms with Crippen LogP contribution in [0.2, 0.25) is 0 Å². The Morgan fingerprint density at radius 1 is 1.25 bits per heavy atom. The molecule has 0 atom stereocenters. The molecule has 5 nitrogen and oxygen atoms in total. The fourth-order valence-electron chi connectivity index (χ4n) is 2.13. The summed E-state index contributed by atoms with van der Waals surface area (Å²) >= 11 is 0. The summed E-state index contributed by atoms with van der Waals surface area (Å²) < 4.78 is 8.86. The molecule has 0 spiro atoms. The lowest BCUT2D eigenvalue weighted by Crippen LogP contribution is -2.11. The molecule has 0 radical (unpaired) electrons. The van der Waals surface area contributed by atoms with E-state index in [0.29, 0.717) is 12.2 Å². The second kappa shape index (κ2) is 6.93. The number of ether oxygens (including phenoxy) is 1. The van der Waals surface area contributed by atoms with Crippen LogP contribution in [0.3, 0.4) is 0 Å². The SMILES string of the molecule is CCCCCCOC(=O)c1cnn(C)c1-n1cccc1. The molecule has 0 aliphatic heterocycles. The van der Waals surface area contributed by atoms with Crippen molar-refractivity contribution in [3.05, 3.63) is 36.3 Å². The molecule has 5 heteroatoms. The summed E-state index contributed by atoms with van der Waals surface area (Å²) in [6, 6.07) is 3.82. The van der Waals surface area contributed by atoms with Crippen molar-refractivity contribution < 1.29 is 9.53 Å². The van der Waals surface area contributed by atoms with E-state index < -0.39 is 0 Å². The molecule has 2 aromatic rings. The molecule has 108 valence electrons. The van der Waals surface area contributed by atoms with Crippen LogP contribution < -0.4 is 0 Å². The highest BCUT2D eigenvalue weighted by molar-refractivity contribution is 5.92. The van der Waals surface area contributed by atoms with Crippen LogP contribution in [0.1, 0.15) is 43.0 Å². The predicted octanol–water partition coefficient (Wildman–Crippen LogP) is 2.95. The van der Waals surface area contributed by atoms with Crippen molar-refractivity contribution in [1.82, 2.24) is 14.3 Å². The van der Waals surface area contributed by atoms with Gasteiger partial charge < -0.3 is 9.30 Å².